The Hall–Kier alpha value is -1.77. The number of ether oxygens (including phenoxy) is 1. The van der Waals surface area contributed by atoms with Crippen LogP contribution in [0.25, 0.3) is 11.5 Å². The molecule has 0 saturated carbocycles. The lowest BCUT2D eigenvalue weighted by Crippen LogP contribution is -2.26. The number of sulfonamides is 1. The minimum atomic E-state index is -3.91. The summed E-state index contributed by atoms with van der Waals surface area (Å²) >= 11 is 17.8. The monoisotopic (exact) mass is 460 g/mol. The molecule has 0 unspecified atom stereocenters. The van der Waals surface area contributed by atoms with Crippen LogP contribution in [0.4, 0.5) is 0 Å². The Morgan fingerprint density at radius 3 is 2.36 bits per heavy atom. The number of nitrogens with one attached hydrogen (secondary N) is 1. The number of benzene rings is 2. The van der Waals surface area contributed by atoms with Crippen molar-refractivity contribution in [3.05, 3.63) is 63.4 Å². The van der Waals surface area contributed by atoms with Gasteiger partial charge >= 0.3 is 0 Å². The van der Waals surface area contributed by atoms with Gasteiger partial charge in [0.2, 0.25) is 15.9 Å². The first-order chi connectivity index (χ1) is 13.3. The molecule has 6 nitrogen and oxygen atoms in total. The highest BCUT2D eigenvalue weighted by Crippen LogP contribution is 2.32. The number of hydrogen-bond acceptors (Lipinski definition) is 5. The predicted octanol–water partition coefficient (Wildman–Crippen LogP) is 4.83. The van der Waals surface area contributed by atoms with E-state index in [9.17, 15) is 8.42 Å². The Kier molecular flexibility index (Phi) is 6.52. The van der Waals surface area contributed by atoms with E-state index in [-0.39, 0.29) is 26.5 Å². The highest BCUT2D eigenvalue weighted by Gasteiger charge is 2.22. The zero-order valence-corrected chi connectivity index (χ0v) is 17.7. The Labute approximate surface area is 177 Å². The fourth-order valence-corrected chi connectivity index (χ4v) is 5.03. The van der Waals surface area contributed by atoms with Gasteiger partial charge in [0.25, 0.3) is 0 Å². The summed E-state index contributed by atoms with van der Waals surface area (Å²) in [6, 6.07) is 9.88. The quantitative estimate of drug-likeness (QED) is 0.545. The SMILES string of the molecule is COc1ccc(-c2nc(CCNS(=O)(=O)c3c(Cl)cc(Cl)cc3Cl)co2)cc1. The molecule has 0 aliphatic heterocycles. The molecule has 0 radical (unpaired) electrons. The highest BCUT2D eigenvalue weighted by molar-refractivity contribution is 7.89. The van der Waals surface area contributed by atoms with Gasteiger partial charge in [-0.05, 0) is 36.4 Å². The summed E-state index contributed by atoms with van der Waals surface area (Å²) in [4.78, 5) is 4.15. The zero-order valence-electron chi connectivity index (χ0n) is 14.6. The van der Waals surface area contributed by atoms with Crippen LogP contribution < -0.4 is 9.46 Å². The van der Waals surface area contributed by atoms with Gasteiger partial charge in [0.15, 0.2) is 0 Å². The average molecular weight is 462 g/mol. The molecule has 3 rings (SSSR count). The van der Waals surface area contributed by atoms with Crippen LogP contribution in [-0.4, -0.2) is 27.1 Å². The normalized spacial score (nSPS) is 11.6. The number of nitrogens with zero attached hydrogens (tertiary/aromatic N) is 1. The minimum Gasteiger partial charge on any atom is -0.497 e. The van der Waals surface area contributed by atoms with Crippen LogP contribution in [0.2, 0.25) is 15.1 Å². The molecule has 148 valence electrons. The molecule has 28 heavy (non-hydrogen) atoms. The third-order valence-electron chi connectivity index (χ3n) is 3.79. The molecule has 0 bridgehead atoms. The van der Waals surface area contributed by atoms with Crippen LogP contribution in [0.15, 0.2) is 52.0 Å². The molecule has 0 saturated heterocycles. The number of aromatic nitrogens is 1. The third kappa shape index (κ3) is 4.79. The second-order valence-electron chi connectivity index (χ2n) is 5.72. The lowest BCUT2D eigenvalue weighted by molar-refractivity contribution is 0.415. The van der Waals surface area contributed by atoms with Crippen molar-refractivity contribution in [2.45, 2.75) is 11.3 Å². The van der Waals surface area contributed by atoms with E-state index in [1.54, 1.807) is 19.2 Å². The zero-order chi connectivity index (χ0) is 20.3. The van der Waals surface area contributed by atoms with Crippen LogP contribution in [0, 0.1) is 0 Å². The first kappa shape index (κ1) is 21.0. The molecule has 3 aromatic rings. The topological polar surface area (TPSA) is 81.4 Å². The van der Waals surface area contributed by atoms with E-state index in [0.717, 1.165) is 11.3 Å². The number of halogens is 3. The molecule has 10 heteroatoms. The van der Waals surface area contributed by atoms with Crippen LogP contribution >= 0.6 is 34.8 Å². The summed E-state index contributed by atoms with van der Waals surface area (Å²) in [7, 11) is -2.32. The van der Waals surface area contributed by atoms with Gasteiger partial charge in [0, 0.05) is 23.6 Å². The van der Waals surface area contributed by atoms with Gasteiger partial charge in [-0.15, -0.1) is 0 Å². The largest absolute Gasteiger partial charge is 0.497 e. The molecule has 1 N–H and O–H groups in total. The lowest BCUT2D eigenvalue weighted by Gasteiger charge is -2.10. The van der Waals surface area contributed by atoms with Crippen LogP contribution in [0.1, 0.15) is 5.69 Å². The van der Waals surface area contributed by atoms with E-state index >= 15 is 0 Å². The van der Waals surface area contributed by atoms with Crippen molar-refractivity contribution in [1.29, 1.82) is 0 Å². The smallest absolute Gasteiger partial charge is 0.243 e. The Bertz CT molecular complexity index is 1060. The summed E-state index contributed by atoms with van der Waals surface area (Å²) < 4.78 is 38.0. The van der Waals surface area contributed by atoms with Gasteiger partial charge in [-0.25, -0.2) is 18.1 Å². The van der Waals surface area contributed by atoms with Gasteiger partial charge in [-0.3, -0.25) is 0 Å². The van der Waals surface area contributed by atoms with Crippen molar-refractivity contribution in [1.82, 2.24) is 9.71 Å². The number of rotatable bonds is 7. The van der Waals surface area contributed by atoms with Gasteiger partial charge < -0.3 is 9.15 Å². The van der Waals surface area contributed by atoms with Crippen LogP contribution in [-0.2, 0) is 16.4 Å². The van der Waals surface area contributed by atoms with Gasteiger partial charge in [0.05, 0.1) is 22.8 Å². The molecule has 1 heterocycles. The van der Waals surface area contributed by atoms with Gasteiger partial charge in [0.1, 0.15) is 16.9 Å². The Morgan fingerprint density at radius 1 is 1.11 bits per heavy atom. The van der Waals surface area contributed by atoms with E-state index in [0.29, 0.717) is 18.0 Å². The van der Waals surface area contributed by atoms with Crippen molar-refractivity contribution >= 4 is 44.8 Å². The molecule has 0 amide bonds. The first-order valence-electron chi connectivity index (χ1n) is 8.03. The van der Waals surface area contributed by atoms with E-state index < -0.39 is 10.0 Å². The molecule has 2 aromatic carbocycles. The van der Waals surface area contributed by atoms with E-state index in [1.165, 1.54) is 18.4 Å². The third-order valence-corrected chi connectivity index (χ3v) is 6.39. The van der Waals surface area contributed by atoms with Crippen LogP contribution in [0.3, 0.4) is 0 Å². The molecule has 1 aromatic heterocycles. The number of hydrogen-bond donors (Lipinski definition) is 1. The fraction of sp³-hybridized carbons (Fsp3) is 0.167. The second kappa shape index (κ2) is 8.71. The van der Waals surface area contributed by atoms with Crippen molar-refractivity contribution in [3.63, 3.8) is 0 Å². The lowest BCUT2D eigenvalue weighted by atomic mass is 10.2. The summed E-state index contributed by atoms with van der Waals surface area (Å²) in [5.74, 6) is 1.16. The predicted molar refractivity (Wildman–Crippen MR) is 109 cm³/mol. The second-order valence-corrected chi connectivity index (χ2v) is 8.67. The van der Waals surface area contributed by atoms with Crippen molar-refractivity contribution < 1.29 is 17.6 Å². The molecule has 0 aliphatic rings. The molecule has 0 aliphatic carbocycles. The van der Waals surface area contributed by atoms with Crippen LogP contribution in [0.5, 0.6) is 5.75 Å². The van der Waals surface area contributed by atoms with Gasteiger partial charge in [-0.2, -0.15) is 0 Å². The Morgan fingerprint density at radius 2 is 1.75 bits per heavy atom. The number of methoxy groups -OCH3 is 1. The Balaban J connectivity index is 1.66. The maximum Gasteiger partial charge on any atom is 0.243 e. The van der Waals surface area contributed by atoms with E-state index in [4.69, 9.17) is 44.0 Å². The maximum absolute atomic E-state index is 12.5. The maximum atomic E-state index is 12.5. The summed E-state index contributed by atoms with van der Waals surface area (Å²) in [5, 5.41) is 0.157. The fourth-order valence-electron chi connectivity index (χ4n) is 2.46. The molecular formula is C18H15Cl3N2O4S. The summed E-state index contributed by atoms with van der Waals surface area (Å²) in [5.41, 5.74) is 1.38. The van der Waals surface area contributed by atoms with E-state index in [1.807, 2.05) is 12.1 Å². The van der Waals surface area contributed by atoms with Crippen molar-refractivity contribution in [3.8, 4) is 17.2 Å². The molecule has 0 atom stereocenters. The van der Waals surface area contributed by atoms with Gasteiger partial charge in [-0.1, -0.05) is 34.8 Å². The molecular weight excluding hydrogens is 447 g/mol. The highest BCUT2D eigenvalue weighted by atomic mass is 35.5. The minimum absolute atomic E-state index is 0.0479. The average Bonchev–Trinajstić information content (AvgIpc) is 3.09. The van der Waals surface area contributed by atoms with E-state index in [2.05, 4.69) is 9.71 Å². The molecule has 0 spiro atoms. The van der Waals surface area contributed by atoms with Crippen molar-refractivity contribution in [2.75, 3.05) is 13.7 Å². The van der Waals surface area contributed by atoms with Crippen molar-refractivity contribution in [2.24, 2.45) is 0 Å². The molecule has 0 fully saturated rings. The number of oxazole rings is 1. The standard InChI is InChI=1S/C18H15Cl3N2O4S/c1-26-14-4-2-11(3-5-14)18-23-13(10-27-18)6-7-22-28(24,25)17-15(20)8-12(19)9-16(17)21/h2-5,8-10,22H,6-7H2,1H3. The summed E-state index contributed by atoms with van der Waals surface area (Å²) in [6.07, 6.45) is 1.80. The summed E-state index contributed by atoms with van der Waals surface area (Å²) in [6.45, 7) is 0.0895. The first-order valence-corrected chi connectivity index (χ1v) is 10.6.